The molecule has 3 rings (SSSR count). The Balaban J connectivity index is 1.97. The summed E-state index contributed by atoms with van der Waals surface area (Å²) in [6.07, 6.45) is -0.408. The first-order valence-electron chi connectivity index (χ1n) is 7.91. The molecule has 0 saturated carbocycles. The largest absolute Gasteiger partial charge is 0.493 e. The van der Waals surface area contributed by atoms with Crippen molar-refractivity contribution >= 4 is 17.4 Å². The van der Waals surface area contributed by atoms with E-state index >= 15 is 0 Å². The number of methoxy groups -OCH3 is 3. The van der Waals surface area contributed by atoms with Crippen molar-refractivity contribution in [1.29, 1.82) is 0 Å². The molecule has 0 bridgehead atoms. The van der Waals surface area contributed by atoms with Crippen LogP contribution in [0.3, 0.4) is 0 Å². The first-order valence-corrected chi connectivity index (χ1v) is 7.91. The number of amides is 1. The number of carbonyl (C=O) groups is 2. The van der Waals surface area contributed by atoms with Crippen LogP contribution in [0.2, 0.25) is 0 Å². The van der Waals surface area contributed by atoms with Crippen LogP contribution in [-0.4, -0.2) is 38.1 Å². The molecule has 7 heteroatoms. The van der Waals surface area contributed by atoms with E-state index in [1.807, 2.05) is 0 Å². The average molecular weight is 357 g/mol. The van der Waals surface area contributed by atoms with Gasteiger partial charge in [0.15, 0.2) is 22.9 Å². The zero-order valence-corrected chi connectivity index (χ0v) is 14.7. The zero-order chi connectivity index (χ0) is 18.9. The normalized spacial score (nSPS) is 18.1. The van der Waals surface area contributed by atoms with Crippen LogP contribution < -0.4 is 19.5 Å². The summed E-state index contributed by atoms with van der Waals surface area (Å²) in [4.78, 5) is 25.1. The lowest BCUT2D eigenvalue weighted by Crippen LogP contribution is -2.36. The second kappa shape index (κ2) is 6.68. The van der Waals surface area contributed by atoms with E-state index in [1.54, 1.807) is 24.3 Å². The molecule has 0 aliphatic carbocycles. The highest BCUT2D eigenvalue weighted by Gasteiger charge is 2.46. The minimum Gasteiger partial charge on any atom is -0.493 e. The molecular weight excluding hydrogens is 338 g/mol. The summed E-state index contributed by atoms with van der Waals surface area (Å²) in [5.74, 6) is -0.0655. The second-order valence-electron chi connectivity index (χ2n) is 5.87. The summed E-state index contributed by atoms with van der Waals surface area (Å²) in [6.45, 7) is 0. The first kappa shape index (κ1) is 17.8. The molecule has 1 aliphatic heterocycles. The minimum atomic E-state index is -1.92. The number of ketones is 1. The molecule has 1 atom stereocenters. The Bertz CT molecular complexity index is 853. The highest BCUT2D eigenvalue weighted by molar-refractivity contribution is 6.09. The lowest BCUT2D eigenvalue weighted by atomic mass is 9.88. The van der Waals surface area contributed by atoms with Gasteiger partial charge < -0.3 is 24.6 Å². The van der Waals surface area contributed by atoms with Gasteiger partial charge in [0.1, 0.15) is 0 Å². The van der Waals surface area contributed by atoms with Crippen molar-refractivity contribution in [3.8, 4) is 17.2 Å². The van der Waals surface area contributed by atoms with Crippen molar-refractivity contribution < 1.29 is 28.9 Å². The number of hydrogen-bond donors (Lipinski definition) is 2. The van der Waals surface area contributed by atoms with Crippen LogP contribution in [0.25, 0.3) is 0 Å². The van der Waals surface area contributed by atoms with Crippen molar-refractivity contribution in [3.63, 3.8) is 0 Å². The Labute approximate surface area is 150 Å². The standard InChI is InChI=1S/C19H19NO6/c1-24-15-8-11(9-16(25-2)17(15)26-3)14(21)10-19(23)12-6-4-5-7-13(12)20-18(19)22/h4-9,23H,10H2,1-3H3,(H,20,22). The van der Waals surface area contributed by atoms with E-state index in [-0.39, 0.29) is 5.56 Å². The van der Waals surface area contributed by atoms with Gasteiger partial charge in [0, 0.05) is 16.8 Å². The Morgan fingerprint density at radius 1 is 1.08 bits per heavy atom. The number of Topliss-reactive ketones (excluding diaryl/α,β-unsaturated/α-hetero) is 1. The van der Waals surface area contributed by atoms with Crippen LogP contribution in [0, 0.1) is 0 Å². The molecule has 26 heavy (non-hydrogen) atoms. The number of benzene rings is 2. The number of fused-ring (bicyclic) bond motifs is 1. The molecule has 1 heterocycles. The van der Waals surface area contributed by atoms with Gasteiger partial charge in [0.05, 0.1) is 27.8 Å². The monoisotopic (exact) mass is 357 g/mol. The smallest absolute Gasteiger partial charge is 0.261 e. The zero-order valence-electron chi connectivity index (χ0n) is 14.7. The SMILES string of the molecule is COc1cc(C(=O)CC2(O)C(=O)Nc3ccccc32)cc(OC)c1OC. The number of ether oxygens (including phenoxy) is 3. The number of anilines is 1. The van der Waals surface area contributed by atoms with Crippen LogP contribution in [0.15, 0.2) is 36.4 Å². The molecule has 0 aromatic heterocycles. The number of hydrogen-bond acceptors (Lipinski definition) is 6. The highest BCUT2D eigenvalue weighted by atomic mass is 16.5. The maximum absolute atomic E-state index is 12.8. The van der Waals surface area contributed by atoms with E-state index in [0.717, 1.165) is 0 Å². The van der Waals surface area contributed by atoms with Crippen molar-refractivity contribution in [1.82, 2.24) is 0 Å². The van der Waals surface area contributed by atoms with Crippen LogP contribution in [0.4, 0.5) is 5.69 Å². The maximum Gasteiger partial charge on any atom is 0.261 e. The fourth-order valence-corrected chi connectivity index (χ4v) is 3.05. The lowest BCUT2D eigenvalue weighted by molar-refractivity contribution is -0.133. The number of rotatable bonds is 6. The number of para-hydroxylation sites is 1. The lowest BCUT2D eigenvalue weighted by Gasteiger charge is -2.20. The molecule has 136 valence electrons. The Morgan fingerprint density at radius 3 is 2.27 bits per heavy atom. The van der Waals surface area contributed by atoms with Crippen LogP contribution >= 0.6 is 0 Å². The minimum absolute atomic E-state index is 0.241. The molecule has 1 amide bonds. The third-order valence-corrected chi connectivity index (χ3v) is 4.40. The van der Waals surface area contributed by atoms with E-state index in [0.29, 0.717) is 28.5 Å². The van der Waals surface area contributed by atoms with Gasteiger partial charge in [-0.3, -0.25) is 9.59 Å². The van der Waals surface area contributed by atoms with Crippen LogP contribution in [0.1, 0.15) is 22.3 Å². The van der Waals surface area contributed by atoms with E-state index in [9.17, 15) is 14.7 Å². The summed E-state index contributed by atoms with van der Waals surface area (Å²) in [7, 11) is 4.35. The number of aliphatic hydroxyl groups is 1. The van der Waals surface area contributed by atoms with Gasteiger partial charge in [-0.05, 0) is 18.2 Å². The van der Waals surface area contributed by atoms with Crippen LogP contribution in [0.5, 0.6) is 17.2 Å². The molecule has 2 N–H and O–H groups in total. The van der Waals surface area contributed by atoms with Crippen molar-refractivity contribution in [3.05, 3.63) is 47.5 Å². The van der Waals surface area contributed by atoms with Gasteiger partial charge in [-0.2, -0.15) is 0 Å². The maximum atomic E-state index is 12.8. The molecule has 1 aliphatic rings. The Hall–Kier alpha value is -3.06. The molecule has 0 radical (unpaired) electrons. The second-order valence-corrected chi connectivity index (χ2v) is 5.87. The molecular formula is C19H19NO6. The predicted octanol–water partition coefficient (Wildman–Crippen LogP) is 2.13. The fraction of sp³-hybridized carbons (Fsp3) is 0.263. The van der Waals surface area contributed by atoms with Gasteiger partial charge in [0.2, 0.25) is 5.75 Å². The molecule has 0 spiro atoms. The molecule has 2 aromatic rings. The van der Waals surface area contributed by atoms with E-state index in [4.69, 9.17) is 14.2 Å². The predicted molar refractivity (Wildman–Crippen MR) is 94.0 cm³/mol. The van der Waals surface area contributed by atoms with E-state index in [2.05, 4.69) is 5.32 Å². The third kappa shape index (κ3) is 2.76. The van der Waals surface area contributed by atoms with Gasteiger partial charge in [0.25, 0.3) is 5.91 Å². The average Bonchev–Trinajstić information content (AvgIpc) is 2.90. The number of nitrogens with one attached hydrogen (secondary N) is 1. The van der Waals surface area contributed by atoms with E-state index < -0.39 is 23.7 Å². The fourth-order valence-electron chi connectivity index (χ4n) is 3.05. The molecule has 7 nitrogen and oxygen atoms in total. The summed E-state index contributed by atoms with van der Waals surface area (Å²) < 4.78 is 15.7. The van der Waals surface area contributed by atoms with Gasteiger partial charge in [-0.1, -0.05) is 18.2 Å². The topological polar surface area (TPSA) is 94.1 Å². The molecule has 1 unspecified atom stereocenters. The van der Waals surface area contributed by atoms with Crippen molar-refractivity contribution in [2.45, 2.75) is 12.0 Å². The molecule has 0 fully saturated rings. The van der Waals surface area contributed by atoms with Crippen LogP contribution in [-0.2, 0) is 10.4 Å². The molecule has 0 saturated heterocycles. The summed E-state index contributed by atoms with van der Waals surface area (Å²) in [6, 6.07) is 9.72. The Morgan fingerprint density at radius 2 is 1.69 bits per heavy atom. The highest BCUT2D eigenvalue weighted by Crippen LogP contribution is 2.41. The summed E-state index contributed by atoms with van der Waals surface area (Å²) in [5.41, 5.74) is -0.803. The van der Waals surface area contributed by atoms with E-state index in [1.165, 1.54) is 33.5 Å². The quantitative estimate of drug-likeness (QED) is 0.769. The van der Waals surface area contributed by atoms with Gasteiger partial charge in [-0.25, -0.2) is 0 Å². The summed E-state index contributed by atoms with van der Waals surface area (Å²) >= 11 is 0. The Kier molecular flexibility index (Phi) is 4.56. The molecule has 2 aromatic carbocycles. The summed E-state index contributed by atoms with van der Waals surface area (Å²) in [5, 5.41) is 13.5. The first-order chi connectivity index (χ1) is 12.4. The third-order valence-electron chi connectivity index (χ3n) is 4.40. The van der Waals surface area contributed by atoms with Gasteiger partial charge >= 0.3 is 0 Å². The van der Waals surface area contributed by atoms with Gasteiger partial charge in [-0.15, -0.1) is 0 Å². The van der Waals surface area contributed by atoms with Crippen molar-refractivity contribution in [2.24, 2.45) is 0 Å². The van der Waals surface area contributed by atoms with Crippen molar-refractivity contribution in [2.75, 3.05) is 26.6 Å². The number of carbonyl (C=O) groups excluding carboxylic acids is 2.